The van der Waals surface area contributed by atoms with E-state index in [0.29, 0.717) is 6.07 Å². The number of nitrogens with one attached hydrogen (secondary N) is 1. The molecule has 0 atom stereocenters. The first-order valence-corrected chi connectivity index (χ1v) is 4.89. The number of carbonyl (C=O) groups is 1. The molecular weight excluding hydrogens is 257 g/mol. The van der Waals surface area contributed by atoms with Gasteiger partial charge in [-0.1, -0.05) is 0 Å². The Labute approximate surface area is 99.8 Å². The number of rotatable bonds is 2. The normalized spacial score (nSPS) is 10.8. The summed E-state index contributed by atoms with van der Waals surface area (Å²) in [5, 5.41) is 10.9. The fourth-order valence-corrected chi connectivity index (χ4v) is 1.17. The molecular formula is C10H6ClF3N2O. The zero-order valence-electron chi connectivity index (χ0n) is 8.31. The fraction of sp³-hybridized carbons (Fsp3) is 0.200. The Morgan fingerprint density at radius 2 is 2.12 bits per heavy atom. The van der Waals surface area contributed by atoms with Crippen LogP contribution < -0.4 is 5.32 Å². The molecule has 1 aromatic rings. The Morgan fingerprint density at radius 1 is 1.47 bits per heavy atom. The van der Waals surface area contributed by atoms with Crippen LogP contribution in [0.4, 0.5) is 18.9 Å². The molecule has 7 heteroatoms. The molecule has 0 saturated carbocycles. The molecule has 0 saturated heterocycles. The molecule has 17 heavy (non-hydrogen) atoms. The summed E-state index contributed by atoms with van der Waals surface area (Å²) in [7, 11) is 0. The zero-order chi connectivity index (χ0) is 13.1. The minimum absolute atomic E-state index is 0.00569. The second-order valence-corrected chi connectivity index (χ2v) is 3.32. The van der Waals surface area contributed by atoms with Gasteiger partial charge >= 0.3 is 6.18 Å². The Kier molecular flexibility index (Phi) is 3.97. The van der Waals surface area contributed by atoms with Gasteiger partial charge in [-0.05, 0) is 18.2 Å². The summed E-state index contributed by atoms with van der Waals surface area (Å²) in [5.74, 6) is -0.936. The van der Waals surface area contributed by atoms with Crippen LogP contribution in [0.15, 0.2) is 18.2 Å². The molecule has 1 N–H and O–H groups in total. The van der Waals surface area contributed by atoms with Gasteiger partial charge in [-0.25, -0.2) is 0 Å². The van der Waals surface area contributed by atoms with Crippen LogP contribution in [-0.4, -0.2) is 11.8 Å². The van der Waals surface area contributed by atoms with Crippen LogP contribution in [0.1, 0.15) is 11.1 Å². The SMILES string of the molecule is N#Cc1cc(C(F)(F)F)ccc1NC(=O)CCl. The highest BCUT2D eigenvalue weighted by molar-refractivity contribution is 6.29. The molecule has 0 heterocycles. The Hall–Kier alpha value is -1.74. The number of anilines is 1. The van der Waals surface area contributed by atoms with Crippen molar-refractivity contribution in [2.75, 3.05) is 11.2 Å². The van der Waals surface area contributed by atoms with Crippen LogP contribution in [0.3, 0.4) is 0 Å². The third-order valence-corrected chi connectivity index (χ3v) is 2.11. The lowest BCUT2D eigenvalue weighted by Gasteiger charge is -2.10. The van der Waals surface area contributed by atoms with E-state index in [1.165, 1.54) is 0 Å². The van der Waals surface area contributed by atoms with Crippen LogP contribution in [0.2, 0.25) is 0 Å². The van der Waals surface area contributed by atoms with Crippen molar-refractivity contribution in [1.82, 2.24) is 0 Å². The molecule has 0 aliphatic carbocycles. The molecule has 0 aliphatic rings. The summed E-state index contributed by atoms with van der Waals surface area (Å²) < 4.78 is 37.0. The van der Waals surface area contributed by atoms with Gasteiger partial charge in [0.1, 0.15) is 11.9 Å². The summed E-state index contributed by atoms with van der Waals surface area (Å²) in [4.78, 5) is 11.0. The summed E-state index contributed by atoms with van der Waals surface area (Å²) in [5.41, 5.74) is -1.21. The van der Waals surface area contributed by atoms with Gasteiger partial charge in [-0.3, -0.25) is 4.79 Å². The van der Waals surface area contributed by atoms with Crippen LogP contribution >= 0.6 is 11.6 Å². The standard InChI is InChI=1S/C10H6ClF3N2O/c11-4-9(17)16-8-2-1-7(10(12,13)14)3-6(8)5-15/h1-3H,4H2,(H,16,17). The van der Waals surface area contributed by atoms with Crippen molar-refractivity contribution >= 4 is 23.2 Å². The molecule has 3 nitrogen and oxygen atoms in total. The zero-order valence-corrected chi connectivity index (χ0v) is 9.06. The smallest absolute Gasteiger partial charge is 0.324 e. The molecule has 0 unspecified atom stereocenters. The van der Waals surface area contributed by atoms with Crippen LogP contribution in [-0.2, 0) is 11.0 Å². The average molecular weight is 263 g/mol. The van der Waals surface area contributed by atoms with Gasteiger partial charge in [0.2, 0.25) is 5.91 Å². The lowest BCUT2D eigenvalue weighted by atomic mass is 10.1. The van der Waals surface area contributed by atoms with E-state index in [1.54, 1.807) is 6.07 Å². The first-order valence-electron chi connectivity index (χ1n) is 4.35. The number of nitrogens with zero attached hydrogens (tertiary/aromatic N) is 1. The number of alkyl halides is 4. The van der Waals surface area contributed by atoms with E-state index in [2.05, 4.69) is 5.32 Å². The van der Waals surface area contributed by atoms with E-state index >= 15 is 0 Å². The van der Waals surface area contributed by atoms with Crippen LogP contribution in [0.25, 0.3) is 0 Å². The average Bonchev–Trinajstić information content (AvgIpc) is 2.27. The first-order chi connectivity index (χ1) is 7.88. The Bertz CT molecular complexity index is 479. The van der Waals surface area contributed by atoms with Gasteiger partial charge in [0.05, 0.1) is 16.8 Å². The number of hydrogen-bond donors (Lipinski definition) is 1. The number of halogens is 4. The van der Waals surface area contributed by atoms with Gasteiger partial charge < -0.3 is 5.32 Å². The largest absolute Gasteiger partial charge is 0.416 e. The molecule has 1 amide bonds. The number of carbonyl (C=O) groups excluding carboxylic acids is 1. The second kappa shape index (κ2) is 5.06. The number of hydrogen-bond acceptors (Lipinski definition) is 2. The maximum atomic E-state index is 12.3. The predicted octanol–water partition coefficient (Wildman–Crippen LogP) is 2.75. The number of amides is 1. The van der Waals surface area contributed by atoms with Crippen molar-refractivity contribution in [3.05, 3.63) is 29.3 Å². The molecule has 1 aromatic carbocycles. The lowest BCUT2D eigenvalue weighted by molar-refractivity contribution is -0.137. The minimum Gasteiger partial charge on any atom is -0.324 e. The van der Waals surface area contributed by atoms with E-state index in [-0.39, 0.29) is 17.1 Å². The van der Waals surface area contributed by atoms with Gasteiger partial charge in [0.25, 0.3) is 0 Å². The third kappa shape index (κ3) is 3.36. The fourth-order valence-electron chi connectivity index (χ4n) is 1.11. The maximum absolute atomic E-state index is 12.3. The number of benzene rings is 1. The Morgan fingerprint density at radius 3 is 2.59 bits per heavy atom. The first kappa shape index (κ1) is 13.3. The highest BCUT2D eigenvalue weighted by Crippen LogP contribution is 2.31. The number of nitriles is 1. The molecule has 0 radical (unpaired) electrons. The maximum Gasteiger partial charge on any atom is 0.416 e. The van der Waals surface area contributed by atoms with E-state index in [9.17, 15) is 18.0 Å². The van der Waals surface area contributed by atoms with E-state index in [4.69, 9.17) is 16.9 Å². The molecule has 0 aromatic heterocycles. The molecule has 0 aliphatic heterocycles. The van der Waals surface area contributed by atoms with Crippen molar-refractivity contribution in [2.24, 2.45) is 0 Å². The second-order valence-electron chi connectivity index (χ2n) is 3.05. The van der Waals surface area contributed by atoms with Crippen molar-refractivity contribution in [3.8, 4) is 6.07 Å². The van der Waals surface area contributed by atoms with Crippen molar-refractivity contribution in [3.63, 3.8) is 0 Å². The summed E-state index contributed by atoms with van der Waals surface area (Å²) in [6, 6.07) is 4.05. The third-order valence-electron chi connectivity index (χ3n) is 1.86. The van der Waals surface area contributed by atoms with Crippen LogP contribution in [0.5, 0.6) is 0 Å². The monoisotopic (exact) mass is 262 g/mol. The highest BCUT2D eigenvalue weighted by Gasteiger charge is 2.31. The van der Waals surface area contributed by atoms with Crippen LogP contribution in [0, 0.1) is 11.3 Å². The highest BCUT2D eigenvalue weighted by atomic mass is 35.5. The predicted molar refractivity (Wildman–Crippen MR) is 55.5 cm³/mol. The summed E-state index contributed by atoms with van der Waals surface area (Å²) in [6.45, 7) is 0. The molecule has 0 bridgehead atoms. The molecule has 0 fully saturated rings. The van der Waals surface area contributed by atoms with Gasteiger partial charge in [0.15, 0.2) is 0 Å². The van der Waals surface area contributed by atoms with E-state index in [0.717, 1.165) is 12.1 Å². The summed E-state index contributed by atoms with van der Waals surface area (Å²) >= 11 is 5.23. The van der Waals surface area contributed by atoms with Crippen molar-refractivity contribution < 1.29 is 18.0 Å². The van der Waals surface area contributed by atoms with E-state index in [1.807, 2.05) is 0 Å². The van der Waals surface area contributed by atoms with Gasteiger partial charge in [-0.2, -0.15) is 18.4 Å². The van der Waals surface area contributed by atoms with Gasteiger partial charge in [-0.15, -0.1) is 11.6 Å². The molecule has 90 valence electrons. The minimum atomic E-state index is -4.53. The Balaban J connectivity index is 3.11. The van der Waals surface area contributed by atoms with Gasteiger partial charge in [0, 0.05) is 0 Å². The topological polar surface area (TPSA) is 52.9 Å². The molecule has 0 spiro atoms. The van der Waals surface area contributed by atoms with E-state index < -0.39 is 17.6 Å². The van der Waals surface area contributed by atoms with Crippen molar-refractivity contribution in [2.45, 2.75) is 6.18 Å². The summed E-state index contributed by atoms with van der Waals surface area (Å²) in [6.07, 6.45) is -4.53. The lowest BCUT2D eigenvalue weighted by Crippen LogP contribution is -2.14. The van der Waals surface area contributed by atoms with Crippen molar-refractivity contribution in [1.29, 1.82) is 5.26 Å². The quantitative estimate of drug-likeness (QED) is 0.833. The molecule has 1 rings (SSSR count).